The van der Waals surface area contributed by atoms with Crippen molar-refractivity contribution in [2.45, 2.75) is 103 Å². The number of aliphatic carboxylic acids is 1. The van der Waals surface area contributed by atoms with Crippen LogP contribution in [0.15, 0.2) is 11.8 Å². The van der Waals surface area contributed by atoms with Gasteiger partial charge >= 0.3 is 5.97 Å². The van der Waals surface area contributed by atoms with E-state index in [0.717, 1.165) is 63.5 Å². The van der Waals surface area contributed by atoms with Crippen LogP contribution in [0.1, 0.15) is 91.4 Å². The Hall–Kier alpha value is -1.36. The summed E-state index contributed by atoms with van der Waals surface area (Å²) in [4.78, 5) is 25.1. The van der Waals surface area contributed by atoms with E-state index >= 15 is 0 Å². The van der Waals surface area contributed by atoms with Gasteiger partial charge in [0.25, 0.3) is 0 Å². The second-order valence-electron chi connectivity index (χ2n) is 12.4. The summed E-state index contributed by atoms with van der Waals surface area (Å²) in [5, 5.41) is 24.5. The summed E-state index contributed by atoms with van der Waals surface area (Å²) in [6.45, 7) is 6.55. The standard InChI is InChI=1S/C27H41NO4/c1-25(15-22-24(31)18-6-4-5-7-21(18)28-22)16(14-23(29)30)8-9-17-19(25)10-12-26(2)20(17)11-13-27(26,3)32/h15-21,28,32H,4-14H2,1-3H3,(H,29,30)/b22-15-/t16-,17+,18?,19-,20-,21?,25-,26-,27-/m0/s1. The van der Waals surface area contributed by atoms with Gasteiger partial charge in [0, 0.05) is 18.4 Å². The maximum Gasteiger partial charge on any atom is 0.303 e. The molecular formula is C27H41NO4. The van der Waals surface area contributed by atoms with Gasteiger partial charge in [0.2, 0.25) is 0 Å². The maximum atomic E-state index is 13.3. The molecule has 5 heteroatoms. The number of carboxylic acid groups (broad SMARTS) is 1. The molecule has 9 atom stereocenters. The fourth-order valence-corrected chi connectivity index (χ4v) is 8.98. The molecule has 0 aromatic heterocycles. The minimum atomic E-state index is -0.734. The maximum absolute atomic E-state index is 13.3. The van der Waals surface area contributed by atoms with Crippen LogP contribution in [0.3, 0.4) is 0 Å². The molecule has 5 fully saturated rings. The van der Waals surface area contributed by atoms with Crippen molar-refractivity contribution in [3.05, 3.63) is 11.8 Å². The number of hydrogen-bond donors (Lipinski definition) is 3. The van der Waals surface area contributed by atoms with E-state index in [1.165, 1.54) is 6.42 Å². The Morgan fingerprint density at radius 1 is 1.03 bits per heavy atom. The molecule has 0 bridgehead atoms. The van der Waals surface area contributed by atoms with E-state index in [0.29, 0.717) is 17.8 Å². The number of carbonyl (C=O) groups excluding carboxylic acids is 1. The van der Waals surface area contributed by atoms with E-state index in [4.69, 9.17) is 0 Å². The highest BCUT2D eigenvalue weighted by atomic mass is 16.4. The lowest BCUT2D eigenvalue weighted by Crippen LogP contribution is -2.54. The van der Waals surface area contributed by atoms with Crippen LogP contribution >= 0.6 is 0 Å². The Kier molecular flexibility index (Phi) is 5.31. The molecule has 1 aliphatic heterocycles. The molecule has 178 valence electrons. The Morgan fingerprint density at radius 3 is 2.47 bits per heavy atom. The van der Waals surface area contributed by atoms with Crippen molar-refractivity contribution < 1.29 is 19.8 Å². The van der Waals surface area contributed by atoms with E-state index in [1.807, 2.05) is 6.92 Å². The summed E-state index contributed by atoms with van der Waals surface area (Å²) in [5.74, 6) is 1.03. The second kappa shape index (κ2) is 7.58. The van der Waals surface area contributed by atoms with Crippen LogP contribution < -0.4 is 5.32 Å². The van der Waals surface area contributed by atoms with Gasteiger partial charge in [-0.3, -0.25) is 9.59 Å². The number of hydrogen-bond acceptors (Lipinski definition) is 4. The van der Waals surface area contributed by atoms with Crippen LogP contribution in [0.2, 0.25) is 0 Å². The zero-order valence-corrected chi connectivity index (χ0v) is 20.0. The van der Waals surface area contributed by atoms with Gasteiger partial charge in [0.05, 0.1) is 11.3 Å². The normalized spacial score (nSPS) is 51.6. The topological polar surface area (TPSA) is 86.6 Å². The van der Waals surface area contributed by atoms with Crippen molar-refractivity contribution in [1.82, 2.24) is 5.32 Å². The molecule has 5 nitrogen and oxygen atoms in total. The van der Waals surface area contributed by atoms with Gasteiger partial charge in [-0.25, -0.2) is 0 Å². The fraction of sp³-hybridized carbons (Fsp3) is 0.852. The molecule has 5 aliphatic rings. The lowest BCUT2D eigenvalue weighted by Gasteiger charge is -2.59. The van der Waals surface area contributed by atoms with Gasteiger partial charge in [-0.2, -0.15) is 0 Å². The van der Waals surface area contributed by atoms with Crippen LogP contribution in [0.5, 0.6) is 0 Å². The van der Waals surface area contributed by atoms with Crippen LogP contribution in [0, 0.1) is 40.4 Å². The number of nitrogens with one attached hydrogen (secondary N) is 1. The Labute approximate surface area is 192 Å². The third kappa shape index (κ3) is 3.20. The highest BCUT2D eigenvalue weighted by Gasteiger charge is 2.62. The lowest BCUT2D eigenvalue weighted by atomic mass is 9.46. The quantitative estimate of drug-likeness (QED) is 0.551. The summed E-state index contributed by atoms with van der Waals surface area (Å²) in [6, 6.07) is 0.267. The van der Waals surface area contributed by atoms with Crippen molar-refractivity contribution in [2.24, 2.45) is 40.4 Å². The molecule has 3 N–H and O–H groups in total. The van der Waals surface area contributed by atoms with Crippen LogP contribution in [-0.2, 0) is 9.59 Å². The van der Waals surface area contributed by atoms with Gasteiger partial charge < -0.3 is 15.5 Å². The van der Waals surface area contributed by atoms with E-state index in [-0.39, 0.29) is 40.9 Å². The molecule has 32 heavy (non-hydrogen) atoms. The summed E-state index contributed by atoms with van der Waals surface area (Å²) >= 11 is 0. The first-order chi connectivity index (χ1) is 15.1. The molecule has 1 saturated heterocycles. The molecule has 0 aromatic carbocycles. The lowest BCUT2D eigenvalue weighted by molar-refractivity contribution is -0.145. The van der Waals surface area contributed by atoms with E-state index in [1.54, 1.807) is 0 Å². The SMILES string of the molecule is C[C@]1(/C=C2\NC3CCCCC3C2=O)[C@H](CC(=O)O)CC[C@@H]2[C@@H]1CC[C@@]1(C)[C@H]2CC[C@]1(C)O. The molecule has 4 aliphatic carbocycles. The van der Waals surface area contributed by atoms with Gasteiger partial charge in [0.1, 0.15) is 0 Å². The van der Waals surface area contributed by atoms with E-state index in [2.05, 4.69) is 25.2 Å². The van der Waals surface area contributed by atoms with Crippen LogP contribution in [0.25, 0.3) is 0 Å². The molecule has 5 rings (SSSR count). The molecule has 1 heterocycles. The predicted octanol–water partition coefficient (Wildman–Crippen LogP) is 4.69. The molecular weight excluding hydrogens is 402 g/mol. The Bertz CT molecular complexity index is 834. The summed E-state index contributed by atoms with van der Waals surface area (Å²) in [6.07, 6.45) is 12.6. The molecule has 0 spiro atoms. The Morgan fingerprint density at radius 2 is 1.75 bits per heavy atom. The van der Waals surface area contributed by atoms with E-state index in [9.17, 15) is 19.8 Å². The minimum Gasteiger partial charge on any atom is -0.481 e. The number of carboxylic acids is 1. The number of carbonyl (C=O) groups is 2. The Balaban J connectivity index is 1.50. The largest absolute Gasteiger partial charge is 0.481 e. The summed E-state index contributed by atoms with van der Waals surface area (Å²) in [5.41, 5.74) is -0.207. The fourth-order valence-electron chi connectivity index (χ4n) is 8.98. The molecule has 0 amide bonds. The third-order valence-electron chi connectivity index (χ3n) is 11.1. The molecule has 2 unspecified atom stereocenters. The van der Waals surface area contributed by atoms with Gasteiger partial charge in [-0.1, -0.05) is 32.8 Å². The first-order valence-corrected chi connectivity index (χ1v) is 13.0. The van der Waals surface area contributed by atoms with Crippen molar-refractivity contribution in [3.63, 3.8) is 0 Å². The zero-order valence-electron chi connectivity index (χ0n) is 20.0. The second-order valence-corrected chi connectivity index (χ2v) is 12.4. The van der Waals surface area contributed by atoms with E-state index < -0.39 is 11.6 Å². The summed E-state index contributed by atoms with van der Waals surface area (Å²) < 4.78 is 0. The van der Waals surface area contributed by atoms with Crippen LogP contribution in [0.4, 0.5) is 0 Å². The highest BCUT2D eigenvalue weighted by molar-refractivity contribution is 5.99. The average molecular weight is 444 g/mol. The zero-order chi connectivity index (χ0) is 22.9. The first kappa shape index (κ1) is 22.4. The predicted molar refractivity (Wildman–Crippen MR) is 123 cm³/mol. The molecule has 4 saturated carbocycles. The smallest absolute Gasteiger partial charge is 0.303 e. The minimum absolute atomic E-state index is 0.0530. The number of Topliss-reactive ketones (excluding diaryl/α,β-unsaturated/α-hetero) is 1. The van der Waals surface area contributed by atoms with Crippen molar-refractivity contribution >= 4 is 11.8 Å². The van der Waals surface area contributed by atoms with Gasteiger partial charge in [0.15, 0.2) is 5.78 Å². The highest BCUT2D eigenvalue weighted by Crippen LogP contribution is 2.67. The van der Waals surface area contributed by atoms with Crippen molar-refractivity contribution in [1.29, 1.82) is 0 Å². The van der Waals surface area contributed by atoms with Crippen molar-refractivity contribution in [3.8, 4) is 0 Å². The van der Waals surface area contributed by atoms with Gasteiger partial charge in [-0.05, 0) is 92.8 Å². The number of rotatable bonds is 3. The van der Waals surface area contributed by atoms with Gasteiger partial charge in [-0.15, -0.1) is 0 Å². The number of aliphatic hydroxyl groups is 1. The molecule has 0 aromatic rings. The first-order valence-electron chi connectivity index (χ1n) is 13.0. The average Bonchev–Trinajstić information content (AvgIpc) is 3.17. The number of ketones is 1. The monoisotopic (exact) mass is 443 g/mol. The summed E-state index contributed by atoms with van der Waals surface area (Å²) in [7, 11) is 0. The van der Waals surface area contributed by atoms with Crippen molar-refractivity contribution in [2.75, 3.05) is 0 Å². The van der Waals surface area contributed by atoms with Crippen LogP contribution in [-0.4, -0.2) is 33.6 Å². The number of allylic oxidation sites excluding steroid dienone is 2. The number of fused-ring (bicyclic) bond motifs is 4. The third-order valence-corrected chi connectivity index (χ3v) is 11.1. The molecule has 0 radical (unpaired) electrons.